The number of nitrogens with one attached hydrogen (secondary N) is 1. The first-order valence-electron chi connectivity index (χ1n) is 6.73. The van der Waals surface area contributed by atoms with E-state index in [9.17, 15) is 9.90 Å². The molecule has 1 fully saturated rings. The van der Waals surface area contributed by atoms with Crippen molar-refractivity contribution < 1.29 is 9.90 Å². The van der Waals surface area contributed by atoms with E-state index in [1.165, 1.54) is 37.0 Å². The van der Waals surface area contributed by atoms with Gasteiger partial charge in [0, 0.05) is 17.3 Å². The summed E-state index contributed by atoms with van der Waals surface area (Å²) in [5, 5.41) is 13.9. The van der Waals surface area contributed by atoms with Gasteiger partial charge in [-0.3, -0.25) is 0 Å². The fourth-order valence-electron chi connectivity index (χ4n) is 2.82. The van der Waals surface area contributed by atoms with Gasteiger partial charge in [0.25, 0.3) is 0 Å². The maximum Gasteiger partial charge on any atom is 0.346 e. The van der Waals surface area contributed by atoms with Crippen LogP contribution in [0.2, 0.25) is 0 Å². The quantitative estimate of drug-likeness (QED) is 0.895. The Hall–Kier alpha value is -1.39. The van der Waals surface area contributed by atoms with Gasteiger partial charge in [0.2, 0.25) is 0 Å². The molecular weight excluding hydrogens is 258 g/mol. The van der Waals surface area contributed by atoms with Crippen LogP contribution in [0.4, 0.5) is 0 Å². The minimum atomic E-state index is -0.815. The van der Waals surface area contributed by atoms with Crippen molar-refractivity contribution in [1.82, 2.24) is 5.32 Å². The highest BCUT2D eigenvalue weighted by Gasteiger charge is 2.19. The smallest absolute Gasteiger partial charge is 0.346 e. The average Bonchev–Trinajstić information content (AvgIpc) is 3.03. The van der Waals surface area contributed by atoms with Gasteiger partial charge in [0.05, 0.1) is 0 Å². The van der Waals surface area contributed by atoms with E-state index in [4.69, 9.17) is 0 Å². The van der Waals surface area contributed by atoms with Gasteiger partial charge in [-0.1, -0.05) is 31.0 Å². The van der Waals surface area contributed by atoms with Crippen molar-refractivity contribution >= 4 is 27.4 Å². The lowest BCUT2D eigenvalue weighted by atomic mass is 10.1. The molecule has 2 aromatic rings. The summed E-state index contributed by atoms with van der Waals surface area (Å²) >= 11 is 1.37. The van der Waals surface area contributed by atoms with Crippen LogP contribution in [-0.2, 0) is 6.54 Å². The highest BCUT2D eigenvalue weighted by atomic mass is 32.1. The number of hydrogen-bond acceptors (Lipinski definition) is 3. The second-order valence-corrected chi connectivity index (χ2v) is 6.13. The van der Waals surface area contributed by atoms with Crippen molar-refractivity contribution in [2.75, 3.05) is 0 Å². The van der Waals surface area contributed by atoms with E-state index in [-0.39, 0.29) is 0 Å². The SMILES string of the molecule is O=C(O)c1sc2ccccc2c1CNC1CCCC1. The molecule has 1 heterocycles. The Morgan fingerprint density at radius 3 is 2.79 bits per heavy atom. The Kier molecular flexibility index (Phi) is 3.53. The second-order valence-electron chi connectivity index (χ2n) is 5.07. The summed E-state index contributed by atoms with van der Waals surface area (Å²) in [4.78, 5) is 11.8. The third-order valence-electron chi connectivity index (χ3n) is 3.82. The third kappa shape index (κ3) is 2.51. The van der Waals surface area contributed by atoms with E-state index in [0.29, 0.717) is 17.5 Å². The predicted octanol–water partition coefficient (Wildman–Crippen LogP) is 3.63. The zero-order chi connectivity index (χ0) is 13.2. The molecule has 1 aliphatic carbocycles. The molecule has 0 unspecified atom stereocenters. The van der Waals surface area contributed by atoms with Crippen LogP contribution in [0.15, 0.2) is 24.3 Å². The Labute approximate surface area is 116 Å². The first-order chi connectivity index (χ1) is 9.25. The number of benzene rings is 1. The maximum absolute atomic E-state index is 11.4. The minimum Gasteiger partial charge on any atom is -0.477 e. The second kappa shape index (κ2) is 5.31. The van der Waals surface area contributed by atoms with Crippen molar-refractivity contribution in [3.05, 3.63) is 34.7 Å². The van der Waals surface area contributed by atoms with E-state index >= 15 is 0 Å². The van der Waals surface area contributed by atoms with Crippen LogP contribution in [0.25, 0.3) is 10.1 Å². The number of rotatable bonds is 4. The molecule has 1 saturated carbocycles. The minimum absolute atomic E-state index is 0.478. The fraction of sp³-hybridized carbons (Fsp3) is 0.400. The molecule has 3 rings (SSSR count). The summed E-state index contributed by atoms with van der Waals surface area (Å²) in [5.74, 6) is -0.815. The van der Waals surface area contributed by atoms with Crippen LogP contribution >= 0.6 is 11.3 Å². The molecule has 1 aromatic carbocycles. The summed E-state index contributed by atoms with van der Waals surface area (Å²) in [7, 11) is 0. The summed E-state index contributed by atoms with van der Waals surface area (Å²) < 4.78 is 1.06. The molecule has 0 amide bonds. The predicted molar refractivity (Wildman–Crippen MR) is 77.9 cm³/mol. The summed E-state index contributed by atoms with van der Waals surface area (Å²) in [6.45, 7) is 0.663. The normalized spacial score (nSPS) is 16.2. The van der Waals surface area contributed by atoms with Crippen LogP contribution in [-0.4, -0.2) is 17.1 Å². The van der Waals surface area contributed by atoms with Crippen LogP contribution in [0.5, 0.6) is 0 Å². The molecule has 0 spiro atoms. The summed E-state index contributed by atoms with van der Waals surface area (Å²) in [6, 6.07) is 8.49. The van der Waals surface area contributed by atoms with Crippen molar-refractivity contribution in [3.8, 4) is 0 Å². The van der Waals surface area contributed by atoms with Gasteiger partial charge in [-0.25, -0.2) is 4.79 Å². The van der Waals surface area contributed by atoms with E-state index in [1.54, 1.807) is 0 Å². The Bertz CT molecular complexity index is 599. The zero-order valence-corrected chi connectivity index (χ0v) is 11.5. The first-order valence-corrected chi connectivity index (χ1v) is 7.54. The first kappa shape index (κ1) is 12.6. The van der Waals surface area contributed by atoms with Gasteiger partial charge in [0.15, 0.2) is 0 Å². The number of carbonyl (C=O) groups is 1. The van der Waals surface area contributed by atoms with Crippen LogP contribution < -0.4 is 5.32 Å². The van der Waals surface area contributed by atoms with Crippen molar-refractivity contribution in [2.24, 2.45) is 0 Å². The fourth-order valence-corrected chi connectivity index (χ4v) is 3.88. The number of carboxylic acid groups (broad SMARTS) is 1. The van der Waals surface area contributed by atoms with Crippen molar-refractivity contribution in [2.45, 2.75) is 38.3 Å². The van der Waals surface area contributed by atoms with E-state index in [1.807, 2.05) is 24.3 Å². The molecule has 0 saturated heterocycles. The lowest BCUT2D eigenvalue weighted by molar-refractivity contribution is 0.0701. The van der Waals surface area contributed by atoms with Crippen molar-refractivity contribution in [1.29, 1.82) is 0 Å². The standard InChI is InChI=1S/C15H17NO2S/c17-15(18)14-12(9-16-10-5-1-2-6-10)11-7-3-4-8-13(11)19-14/h3-4,7-8,10,16H,1-2,5-6,9H2,(H,17,18). The number of carboxylic acids is 1. The van der Waals surface area contributed by atoms with Crippen molar-refractivity contribution in [3.63, 3.8) is 0 Å². The van der Waals surface area contributed by atoms with Gasteiger partial charge in [0.1, 0.15) is 4.88 Å². The molecule has 0 aliphatic heterocycles. The topological polar surface area (TPSA) is 49.3 Å². The molecule has 0 radical (unpaired) electrons. The molecule has 100 valence electrons. The van der Waals surface area contributed by atoms with E-state index in [0.717, 1.165) is 15.6 Å². The maximum atomic E-state index is 11.4. The molecule has 2 N–H and O–H groups in total. The number of aromatic carboxylic acids is 1. The highest BCUT2D eigenvalue weighted by Crippen LogP contribution is 2.31. The van der Waals surface area contributed by atoms with E-state index in [2.05, 4.69) is 5.32 Å². The number of hydrogen-bond donors (Lipinski definition) is 2. The lowest BCUT2D eigenvalue weighted by Crippen LogP contribution is -2.25. The molecule has 3 nitrogen and oxygen atoms in total. The van der Waals surface area contributed by atoms with Crippen LogP contribution in [0.1, 0.15) is 40.9 Å². The molecule has 4 heteroatoms. The zero-order valence-electron chi connectivity index (χ0n) is 10.7. The average molecular weight is 275 g/mol. The number of fused-ring (bicyclic) bond motifs is 1. The summed E-state index contributed by atoms with van der Waals surface area (Å²) in [5.41, 5.74) is 0.944. The molecular formula is C15H17NO2S. The monoisotopic (exact) mass is 275 g/mol. The van der Waals surface area contributed by atoms with Crippen LogP contribution in [0.3, 0.4) is 0 Å². The van der Waals surface area contributed by atoms with Gasteiger partial charge < -0.3 is 10.4 Å². The Morgan fingerprint density at radius 1 is 1.32 bits per heavy atom. The largest absolute Gasteiger partial charge is 0.477 e. The Balaban J connectivity index is 1.90. The highest BCUT2D eigenvalue weighted by molar-refractivity contribution is 7.21. The lowest BCUT2D eigenvalue weighted by Gasteiger charge is -2.11. The summed E-state index contributed by atoms with van der Waals surface area (Å²) in [6.07, 6.45) is 5.00. The Morgan fingerprint density at radius 2 is 2.05 bits per heavy atom. The molecule has 0 atom stereocenters. The van der Waals surface area contributed by atoms with Crippen LogP contribution in [0, 0.1) is 0 Å². The third-order valence-corrected chi connectivity index (χ3v) is 5.02. The van der Waals surface area contributed by atoms with Gasteiger partial charge in [-0.05, 0) is 29.9 Å². The van der Waals surface area contributed by atoms with Gasteiger partial charge >= 0.3 is 5.97 Å². The van der Waals surface area contributed by atoms with Gasteiger partial charge in [-0.15, -0.1) is 11.3 Å². The molecule has 0 bridgehead atoms. The molecule has 19 heavy (non-hydrogen) atoms. The molecule has 1 aromatic heterocycles. The van der Waals surface area contributed by atoms with E-state index < -0.39 is 5.97 Å². The molecule has 1 aliphatic rings. The van der Waals surface area contributed by atoms with Gasteiger partial charge in [-0.2, -0.15) is 0 Å². The number of thiophene rings is 1.